The number of nitrogens with two attached hydrogens (primary N) is 1. The van der Waals surface area contributed by atoms with Crippen LogP contribution >= 0.6 is 0 Å². The van der Waals surface area contributed by atoms with Crippen molar-refractivity contribution < 1.29 is 0 Å². The molecular formula is C9H10N4. The first-order valence-corrected chi connectivity index (χ1v) is 4.01. The van der Waals surface area contributed by atoms with Gasteiger partial charge < -0.3 is 10.7 Å². The number of nitrogens with one attached hydrogen (secondary N) is 1. The Morgan fingerprint density at radius 1 is 1.38 bits per heavy atom. The molecule has 0 aliphatic carbocycles. The number of nitrogens with zero attached hydrogens (tertiary/aromatic N) is 2. The summed E-state index contributed by atoms with van der Waals surface area (Å²) in [4.78, 5) is 11.4. The molecule has 2 aromatic heterocycles. The van der Waals surface area contributed by atoms with Crippen LogP contribution in [0, 0.1) is 6.92 Å². The lowest BCUT2D eigenvalue weighted by Gasteiger charge is -1.92. The Hall–Kier alpha value is -1.84. The molecule has 0 saturated heterocycles. The third-order valence-corrected chi connectivity index (χ3v) is 1.83. The lowest BCUT2D eigenvalue weighted by atomic mass is 10.3. The second-order valence-corrected chi connectivity index (χ2v) is 2.81. The molecule has 0 bridgehead atoms. The highest BCUT2D eigenvalue weighted by atomic mass is 15.0. The van der Waals surface area contributed by atoms with Crippen molar-refractivity contribution in [2.45, 2.75) is 6.92 Å². The van der Waals surface area contributed by atoms with Crippen molar-refractivity contribution in [3.63, 3.8) is 0 Å². The topological polar surface area (TPSA) is 67.6 Å². The van der Waals surface area contributed by atoms with Crippen LogP contribution in [0.1, 0.15) is 5.69 Å². The van der Waals surface area contributed by atoms with Crippen molar-refractivity contribution in [1.29, 1.82) is 0 Å². The molecule has 0 radical (unpaired) electrons. The van der Waals surface area contributed by atoms with Gasteiger partial charge in [-0.05, 0) is 19.1 Å². The predicted molar refractivity (Wildman–Crippen MR) is 51.0 cm³/mol. The van der Waals surface area contributed by atoms with Crippen LogP contribution in [-0.2, 0) is 0 Å². The van der Waals surface area contributed by atoms with E-state index in [4.69, 9.17) is 5.73 Å². The van der Waals surface area contributed by atoms with Crippen molar-refractivity contribution in [3.05, 3.63) is 30.1 Å². The number of hydrogen-bond donors (Lipinski definition) is 2. The summed E-state index contributed by atoms with van der Waals surface area (Å²) in [6.07, 6.45) is 1.73. The number of nitrogen functional groups attached to an aromatic ring is 1. The Labute approximate surface area is 75.8 Å². The van der Waals surface area contributed by atoms with Gasteiger partial charge in [-0.1, -0.05) is 6.07 Å². The lowest BCUT2D eigenvalue weighted by Crippen LogP contribution is -1.86. The van der Waals surface area contributed by atoms with Crippen LogP contribution in [0.15, 0.2) is 24.4 Å². The van der Waals surface area contributed by atoms with Crippen molar-refractivity contribution in [2.24, 2.45) is 0 Å². The molecule has 0 spiro atoms. The smallest absolute Gasteiger partial charge is 0.158 e. The van der Waals surface area contributed by atoms with Gasteiger partial charge in [-0.25, -0.2) is 4.98 Å². The standard InChI is InChI=1S/C9H10N4/c1-6-8(10)13-9(12-6)7-4-2-3-5-11-7/h2-5H,10H2,1H3,(H,12,13). The number of anilines is 1. The number of pyridine rings is 1. The van der Waals surface area contributed by atoms with Gasteiger partial charge in [0.2, 0.25) is 0 Å². The van der Waals surface area contributed by atoms with Gasteiger partial charge in [-0.3, -0.25) is 4.98 Å². The zero-order chi connectivity index (χ0) is 9.26. The average Bonchev–Trinajstić information content (AvgIpc) is 2.49. The maximum atomic E-state index is 5.61. The van der Waals surface area contributed by atoms with E-state index in [1.807, 2.05) is 25.1 Å². The van der Waals surface area contributed by atoms with Crippen LogP contribution in [-0.4, -0.2) is 15.0 Å². The van der Waals surface area contributed by atoms with E-state index >= 15 is 0 Å². The first-order chi connectivity index (χ1) is 6.27. The molecule has 0 aliphatic heterocycles. The van der Waals surface area contributed by atoms with Gasteiger partial charge in [0.25, 0.3) is 0 Å². The van der Waals surface area contributed by atoms with Crippen molar-refractivity contribution in [1.82, 2.24) is 15.0 Å². The van der Waals surface area contributed by atoms with E-state index in [1.54, 1.807) is 6.20 Å². The second kappa shape index (κ2) is 2.90. The molecule has 0 fully saturated rings. The number of aryl methyl sites for hydroxylation is 1. The van der Waals surface area contributed by atoms with Gasteiger partial charge in [-0.2, -0.15) is 0 Å². The van der Waals surface area contributed by atoms with Gasteiger partial charge in [0.1, 0.15) is 11.5 Å². The van der Waals surface area contributed by atoms with Crippen LogP contribution in [0.25, 0.3) is 11.5 Å². The molecule has 0 aromatic carbocycles. The third kappa shape index (κ3) is 1.38. The number of aromatic amines is 1. The third-order valence-electron chi connectivity index (χ3n) is 1.83. The summed E-state index contributed by atoms with van der Waals surface area (Å²) < 4.78 is 0. The molecule has 4 nitrogen and oxygen atoms in total. The number of H-pyrrole nitrogens is 1. The zero-order valence-electron chi connectivity index (χ0n) is 7.28. The molecule has 0 unspecified atom stereocenters. The van der Waals surface area contributed by atoms with E-state index in [2.05, 4.69) is 15.0 Å². The normalized spacial score (nSPS) is 10.2. The van der Waals surface area contributed by atoms with Crippen molar-refractivity contribution in [2.75, 3.05) is 5.73 Å². The number of rotatable bonds is 1. The van der Waals surface area contributed by atoms with Crippen LogP contribution in [0.3, 0.4) is 0 Å². The van der Waals surface area contributed by atoms with E-state index in [-0.39, 0.29) is 0 Å². The van der Waals surface area contributed by atoms with E-state index in [0.717, 1.165) is 17.2 Å². The van der Waals surface area contributed by atoms with Crippen LogP contribution in [0.2, 0.25) is 0 Å². The molecule has 2 heterocycles. The molecule has 0 amide bonds. The van der Waals surface area contributed by atoms with Crippen LogP contribution in [0.5, 0.6) is 0 Å². The first-order valence-electron chi connectivity index (χ1n) is 4.01. The minimum atomic E-state index is 0.528. The number of hydrogen-bond acceptors (Lipinski definition) is 3. The van der Waals surface area contributed by atoms with E-state index in [1.165, 1.54) is 0 Å². The number of aromatic nitrogens is 3. The Bertz CT molecular complexity index is 385. The minimum Gasteiger partial charge on any atom is -0.382 e. The average molecular weight is 174 g/mol. The highest BCUT2D eigenvalue weighted by Crippen LogP contribution is 2.15. The maximum absolute atomic E-state index is 5.61. The van der Waals surface area contributed by atoms with Gasteiger partial charge >= 0.3 is 0 Å². The summed E-state index contributed by atoms with van der Waals surface area (Å²) in [5, 5.41) is 0. The highest BCUT2D eigenvalue weighted by Gasteiger charge is 2.05. The number of imidazole rings is 1. The lowest BCUT2D eigenvalue weighted by molar-refractivity contribution is 1.20. The highest BCUT2D eigenvalue weighted by molar-refractivity contribution is 5.54. The largest absolute Gasteiger partial charge is 0.382 e. The van der Waals surface area contributed by atoms with Crippen molar-refractivity contribution in [3.8, 4) is 11.5 Å². The van der Waals surface area contributed by atoms with Crippen molar-refractivity contribution >= 4 is 5.82 Å². The minimum absolute atomic E-state index is 0.528. The molecule has 13 heavy (non-hydrogen) atoms. The SMILES string of the molecule is Cc1[nH]c(-c2ccccn2)nc1N. The van der Waals surface area contributed by atoms with E-state index < -0.39 is 0 Å². The predicted octanol–water partition coefficient (Wildman–Crippen LogP) is 1.36. The molecule has 3 N–H and O–H groups in total. The molecule has 0 atom stereocenters. The van der Waals surface area contributed by atoms with Gasteiger partial charge in [0.05, 0.1) is 5.69 Å². The second-order valence-electron chi connectivity index (χ2n) is 2.81. The van der Waals surface area contributed by atoms with E-state index in [0.29, 0.717) is 5.82 Å². The molecule has 0 saturated carbocycles. The molecule has 4 heteroatoms. The van der Waals surface area contributed by atoms with Crippen LogP contribution in [0.4, 0.5) is 5.82 Å². The fourth-order valence-corrected chi connectivity index (χ4v) is 1.10. The Kier molecular flexibility index (Phi) is 1.73. The summed E-state index contributed by atoms with van der Waals surface area (Å²) in [7, 11) is 0. The summed E-state index contributed by atoms with van der Waals surface area (Å²) >= 11 is 0. The van der Waals surface area contributed by atoms with Gasteiger partial charge in [0, 0.05) is 6.20 Å². The summed E-state index contributed by atoms with van der Waals surface area (Å²) in [5.74, 6) is 1.25. The van der Waals surface area contributed by atoms with Gasteiger partial charge in [0.15, 0.2) is 5.82 Å². The molecule has 66 valence electrons. The summed E-state index contributed by atoms with van der Waals surface area (Å²) in [6, 6.07) is 5.66. The fraction of sp³-hybridized carbons (Fsp3) is 0.111. The maximum Gasteiger partial charge on any atom is 0.158 e. The van der Waals surface area contributed by atoms with Crippen LogP contribution < -0.4 is 5.73 Å². The van der Waals surface area contributed by atoms with E-state index in [9.17, 15) is 0 Å². The molecule has 2 aromatic rings. The zero-order valence-corrected chi connectivity index (χ0v) is 7.28. The molecular weight excluding hydrogens is 164 g/mol. The Morgan fingerprint density at radius 3 is 2.77 bits per heavy atom. The quantitative estimate of drug-likeness (QED) is 0.686. The molecule has 2 rings (SSSR count). The Morgan fingerprint density at radius 2 is 2.23 bits per heavy atom. The summed E-state index contributed by atoms with van der Waals surface area (Å²) in [5.41, 5.74) is 7.29. The fourth-order valence-electron chi connectivity index (χ4n) is 1.10. The Balaban J connectivity index is 2.48. The monoisotopic (exact) mass is 174 g/mol. The first kappa shape index (κ1) is 7.79. The molecule has 0 aliphatic rings. The van der Waals surface area contributed by atoms with Gasteiger partial charge in [-0.15, -0.1) is 0 Å². The summed E-state index contributed by atoms with van der Waals surface area (Å²) in [6.45, 7) is 1.88.